The number of fused-ring (bicyclic) bond motifs is 2. The van der Waals surface area contributed by atoms with E-state index in [1.54, 1.807) is 11.3 Å². The first-order valence-corrected chi connectivity index (χ1v) is 16.3. The summed E-state index contributed by atoms with van der Waals surface area (Å²) in [4.78, 5) is 21.6. The number of thiazole rings is 1. The Bertz CT molecular complexity index is 1510. The molecule has 1 unspecified atom stereocenters. The lowest BCUT2D eigenvalue weighted by Crippen LogP contribution is -2.44. The number of hydrogen-bond donors (Lipinski definition) is 1. The summed E-state index contributed by atoms with van der Waals surface area (Å²) < 4.78 is 12.3. The minimum atomic E-state index is -0.630. The van der Waals surface area contributed by atoms with Gasteiger partial charge in [0.05, 0.1) is 17.7 Å². The summed E-state index contributed by atoms with van der Waals surface area (Å²) >= 11 is 1.64. The van der Waals surface area contributed by atoms with Crippen LogP contribution >= 0.6 is 11.3 Å². The van der Waals surface area contributed by atoms with Crippen LogP contribution in [0.15, 0.2) is 29.6 Å². The number of carbonyl (C=O) groups is 1. The SMILES string of the molecule is Cc1ccc(OCc2cc(C)c3c(c2C)CCN(C2CCCOC2)C3)c(-c2csc(N3CC[C@@]4(C(=O)O)C[C@H]4C3)n2)c1. The Kier molecular flexibility index (Phi) is 7.27. The Balaban J connectivity index is 1.07. The monoisotopic (exact) mass is 587 g/mol. The van der Waals surface area contributed by atoms with Gasteiger partial charge in [0.2, 0.25) is 0 Å². The Morgan fingerprint density at radius 1 is 1.21 bits per heavy atom. The number of carboxylic acids is 1. The first kappa shape index (κ1) is 27.9. The first-order chi connectivity index (χ1) is 20.3. The second-order valence-corrected chi connectivity index (χ2v) is 13.7. The van der Waals surface area contributed by atoms with E-state index in [0.29, 0.717) is 19.1 Å². The highest BCUT2D eigenvalue weighted by Gasteiger charge is 2.62. The molecule has 1 N–H and O–H groups in total. The normalized spacial score (nSPS) is 25.5. The van der Waals surface area contributed by atoms with Gasteiger partial charge in [-0.05, 0) is 98.7 Å². The van der Waals surface area contributed by atoms with Crippen molar-refractivity contribution >= 4 is 22.4 Å². The maximum Gasteiger partial charge on any atom is 0.310 e. The molecule has 222 valence electrons. The molecule has 2 saturated heterocycles. The van der Waals surface area contributed by atoms with Crippen LogP contribution in [0.1, 0.15) is 59.1 Å². The van der Waals surface area contributed by atoms with Crippen molar-refractivity contribution in [2.24, 2.45) is 11.3 Å². The number of piperidine rings is 1. The van der Waals surface area contributed by atoms with Crippen LogP contribution in [-0.2, 0) is 29.1 Å². The van der Waals surface area contributed by atoms with Crippen molar-refractivity contribution in [2.45, 2.75) is 72.1 Å². The van der Waals surface area contributed by atoms with Crippen LogP contribution in [0.5, 0.6) is 5.75 Å². The molecule has 3 fully saturated rings. The van der Waals surface area contributed by atoms with Crippen molar-refractivity contribution in [1.29, 1.82) is 0 Å². The van der Waals surface area contributed by atoms with Crippen LogP contribution < -0.4 is 9.64 Å². The zero-order chi connectivity index (χ0) is 29.0. The van der Waals surface area contributed by atoms with E-state index in [1.165, 1.54) is 39.8 Å². The quantitative estimate of drug-likeness (QED) is 0.355. The lowest BCUT2D eigenvalue weighted by Gasteiger charge is -2.38. The van der Waals surface area contributed by atoms with E-state index < -0.39 is 11.4 Å². The number of anilines is 1. The van der Waals surface area contributed by atoms with Crippen molar-refractivity contribution in [2.75, 3.05) is 37.7 Å². The highest BCUT2D eigenvalue weighted by Crippen LogP contribution is 2.58. The van der Waals surface area contributed by atoms with Gasteiger partial charge < -0.3 is 19.5 Å². The molecule has 3 aromatic rings. The minimum absolute atomic E-state index is 0.238. The van der Waals surface area contributed by atoms with Gasteiger partial charge in [0.25, 0.3) is 0 Å². The number of carboxylic acid groups (broad SMARTS) is 1. The molecular weight excluding hydrogens is 546 g/mol. The fourth-order valence-corrected chi connectivity index (χ4v) is 8.37. The van der Waals surface area contributed by atoms with Crippen LogP contribution in [0, 0.1) is 32.1 Å². The van der Waals surface area contributed by atoms with Gasteiger partial charge in [0.15, 0.2) is 5.13 Å². The van der Waals surface area contributed by atoms with Crippen molar-refractivity contribution in [3.63, 3.8) is 0 Å². The standard InChI is InChI=1S/C34H41N3O4S/c1-21-6-7-31(28(13-21)30-20-42-33(35-30)37-11-9-34(32(38)39)15-25(34)16-37)41-18-24-14-22(2)29-17-36(10-8-27(29)23(24)3)26-5-4-12-40-19-26/h6-7,13-14,20,25-26H,4-5,8-12,15-19H2,1-3H3,(H,38,39)/t25-,26?,34+/m0/s1. The van der Waals surface area contributed by atoms with Gasteiger partial charge in [-0.1, -0.05) is 17.7 Å². The molecule has 0 radical (unpaired) electrons. The zero-order valence-corrected chi connectivity index (χ0v) is 25.8. The first-order valence-electron chi connectivity index (χ1n) is 15.4. The maximum atomic E-state index is 11.7. The summed E-state index contributed by atoms with van der Waals surface area (Å²) in [6, 6.07) is 9.21. The third kappa shape index (κ3) is 5.01. The molecule has 3 atom stereocenters. The lowest BCUT2D eigenvalue weighted by molar-refractivity contribution is -0.144. The Morgan fingerprint density at radius 2 is 2.10 bits per heavy atom. The van der Waals surface area contributed by atoms with Gasteiger partial charge in [-0.3, -0.25) is 9.69 Å². The topological polar surface area (TPSA) is 75.1 Å². The second-order valence-electron chi connectivity index (χ2n) is 12.9. The van der Waals surface area contributed by atoms with E-state index in [0.717, 1.165) is 80.8 Å². The predicted molar refractivity (Wildman–Crippen MR) is 165 cm³/mol. The number of ether oxygens (including phenoxy) is 2. The Morgan fingerprint density at radius 3 is 2.88 bits per heavy atom. The van der Waals surface area contributed by atoms with E-state index in [9.17, 15) is 9.90 Å². The zero-order valence-electron chi connectivity index (χ0n) is 24.9. The number of benzene rings is 2. The smallest absolute Gasteiger partial charge is 0.310 e. The highest BCUT2D eigenvalue weighted by atomic mass is 32.1. The number of hydrogen-bond acceptors (Lipinski definition) is 7. The van der Waals surface area contributed by atoms with Crippen molar-refractivity contribution < 1.29 is 19.4 Å². The average molecular weight is 588 g/mol. The van der Waals surface area contributed by atoms with Crippen molar-refractivity contribution in [1.82, 2.24) is 9.88 Å². The van der Waals surface area contributed by atoms with Crippen LogP contribution in [-0.4, -0.2) is 59.8 Å². The molecular formula is C34H41N3O4S. The van der Waals surface area contributed by atoms with Gasteiger partial charge in [-0.15, -0.1) is 11.3 Å². The number of nitrogens with zero attached hydrogens (tertiary/aromatic N) is 3. The van der Waals surface area contributed by atoms with Crippen LogP contribution in [0.4, 0.5) is 5.13 Å². The lowest BCUT2D eigenvalue weighted by atomic mass is 9.87. The van der Waals surface area contributed by atoms with Gasteiger partial charge >= 0.3 is 5.97 Å². The molecule has 7 nitrogen and oxygen atoms in total. The average Bonchev–Trinajstić information content (AvgIpc) is 3.56. The molecule has 7 rings (SSSR count). The molecule has 42 heavy (non-hydrogen) atoms. The fraction of sp³-hybridized carbons (Fsp3) is 0.529. The molecule has 0 amide bonds. The van der Waals surface area contributed by atoms with Crippen LogP contribution in [0.25, 0.3) is 11.3 Å². The summed E-state index contributed by atoms with van der Waals surface area (Å²) in [6.07, 6.45) is 4.98. The van der Waals surface area contributed by atoms with Crippen molar-refractivity contribution in [3.8, 4) is 17.0 Å². The predicted octanol–water partition coefficient (Wildman–Crippen LogP) is 6.15. The number of aliphatic carboxylic acids is 1. The second kappa shape index (κ2) is 11.0. The third-order valence-corrected chi connectivity index (χ3v) is 11.2. The summed E-state index contributed by atoms with van der Waals surface area (Å²) in [7, 11) is 0. The maximum absolute atomic E-state index is 11.7. The number of aromatic nitrogens is 1. The van der Waals surface area contributed by atoms with Gasteiger partial charge in [-0.25, -0.2) is 4.98 Å². The summed E-state index contributed by atoms with van der Waals surface area (Å²) in [5.74, 6) is 0.456. The Hall–Kier alpha value is -2.94. The van der Waals surface area contributed by atoms with Crippen LogP contribution in [0.2, 0.25) is 0 Å². The molecule has 0 bridgehead atoms. The van der Waals surface area contributed by atoms with Gasteiger partial charge in [0.1, 0.15) is 12.4 Å². The van der Waals surface area contributed by atoms with E-state index in [4.69, 9.17) is 14.5 Å². The number of rotatable bonds is 7. The third-order valence-electron chi connectivity index (χ3n) is 10.3. The largest absolute Gasteiger partial charge is 0.488 e. The highest BCUT2D eigenvalue weighted by molar-refractivity contribution is 7.14. The summed E-state index contributed by atoms with van der Waals surface area (Å²) in [5.41, 5.74) is 9.58. The molecule has 1 saturated carbocycles. The molecule has 0 spiro atoms. The summed E-state index contributed by atoms with van der Waals surface area (Å²) in [5, 5.41) is 12.7. The molecule has 1 aromatic heterocycles. The molecule has 4 aliphatic rings. The Labute approximate surface area is 252 Å². The van der Waals surface area contributed by atoms with E-state index in [-0.39, 0.29) is 5.92 Å². The molecule has 3 aliphatic heterocycles. The van der Waals surface area contributed by atoms with Crippen molar-refractivity contribution in [3.05, 3.63) is 63.0 Å². The molecule has 2 aromatic carbocycles. The van der Waals surface area contributed by atoms with Crippen LogP contribution in [0.3, 0.4) is 0 Å². The molecule has 8 heteroatoms. The minimum Gasteiger partial charge on any atom is -0.488 e. The fourth-order valence-electron chi connectivity index (χ4n) is 7.50. The molecule has 4 heterocycles. The number of aryl methyl sites for hydroxylation is 2. The van der Waals surface area contributed by atoms with Gasteiger partial charge in [0, 0.05) is 49.8 Å². The van der Waals surface area contributed by atoms with E-state index in [1.807, 2.05) is 0 Å². The van der Waals surface area contributed by atoms with E-state index in [2.05, 4.69) is 60.2 Å². The van der Waals surface area contributed by atoms with Gasteiger partial charge in [-0.2, -0.15) is 0 Å². The molecule has 1 aliphatic carbocycles. The summed E-state index contributed by atoms with van der Waals surface area (Å²) in [6.45, 7) is 12.5. The van der Waals surface area contributed by atoms with E-state index >= 15 is 0 Å².